The first-order chi connectivity index (χ1) is 8.26. The van der Waals surface area contributed by atoms with Gasteiger partial charge in [0.15, 0.2) is 5.03 Å². The van der Waals surface area contributed by atoms with E-state index in [4.69, 9.17) is 5.11 Å². The average molecular weight is 276 g/mol. The number of aromatic carboxylic acids is 1. The normalized spacial score (nSPS) is 12.3. The topological polar surface area (TPSA) is 107 Å². The van der Waals surface area contributed by atoms with Gasteiger partial charge < -0.3 is 10.0 Å². The fourth-order valence-electron chi connectivity index (χ4n) is 1.24. The number of carboxylic acids is 1. The lowest BCUT2D eigenvalue weighted by molar-refractivity contribution is 0.0692. The summed E-state index contributed by atoms with van der Waals surface area (Å²) in [6, 6.07) is 0. The molecule has 9 heteroatoms. The fourth-order valence-corrected chi connectivity index (χ4v) is 2.46. The zero-order valence-electron chi connectivity index (χ0n) is 10.4. The van der Waals surface area contributed by atoms with E-state index >= 15 is 0 Å². The molecule has 1 heterocycles. The van der Waals surface area contributed by atoms with E-state index in [1.165, 1.54) is 7.05 Å². The van der Waals surface area contributed by atoms with Gasteiger partial charge in [-0.15, -0.1) is 0 Å². The highest BCUT2D eigenvalue weighted by atomic mass is 32.2. The van der Waals surface area contributed by atoms with Gasteiger partial charge in [-0.05, 0) is 14.1 Å². The Morgan fingerprint density at radius 2 is 2.00 bits per heavy atom. The van der Waals surface area contributed by atoms with Gasteiger partial charge in [-0.1, -0.05) is 0 Å². The van der Waals surface area contributed by atoms with Crippen LogP contribution >= 0.6 is 0 Å². The Bertz CT molecular complexity index is 522. The maximum Gasteiger partial charge on any atom is 0.340 e. The molecule has 0 radical (unpaired) electrons. The monoisotopic (exact) mass is 276 g/mol. The van der Waals surface area contributed by atoms with Crippen molar-refractivity contribution in [2.24, 2.45) is 0 Å². The van der Waals surface area contributed by atoms with Crippen molar-refractivity contribution < 1.29 is 18.3 Å². The number of sulfonamides is 1. The second-order valence-electron chi connectivity index (χ2n) is 4.05. The van der Waals surface area contributed by atoms with Crippen LogP contribution in [0.2, 0.25) is 0 Å². The van der Waals surface area contributed by atoms with Crippen LogP contribution in [-0.4, -0.2) is 73.1 Å². The maximum absolute atomic E-state index is 12.1. The summed E-state index contributed by atoms with van der Waals surface area (Å²) in [4.78, 5) is 12.7. The van der Waals surface area contributed by atoms with Crippen LogP contribution in [0.5, 0.6) is 0 Å². The highest BCUT2D eigenvalue weighted by Crippen LogP contribution is 2.16. The summed E-state index contributed by atoms with van der Waals surface area (Å²) in [5, 5.41) is 14.2. The molecule has 0 aliphatic rings. The first kappa shape index (κ1) is 14.6. The number of aromatic nitrogens is 2. The molecule has 1 rings (SSSR count). The van der Waals surface area contributed by atoms with E-state index in [9.17, 15) is 13.2 Å². The summed E-state index contributed by atoms with van der Waals surface area (Å²) in [6.07, 6.45) is 0.981. The molecule has 102 valence electrons. The van der Waals surface area contributed by atoms with Crippen LogP contribution in [0.4, 0.5) is 0 Å². The van der Waals surface area contributed by atoms with Crippen molar-refractivity contribution in [3.05, 3.63) is 11.8 Å². The third-order valence-corrected chi connectivity index (χ3v) is 4.20. The highest BCUT2D eigenvalue weighted by Gasteiger charge is 2.28. The van der Waals surface area contributed by atoms with Gasteiger partial charge in [0.1, 0.15) is 5.56 Å². The summed E-state index contributed by atoms with van der Waals surface area (Å²) < 4.78 is 25.3. The number of rotatable bonds is 6. The number of carbonyl (C=O) groups is 1. The number of likely N-dealkylation sites (N-methyl/N-ethyl adjacent to an activating group) is 2. The van der Waals surface area contributed by atoms with Crippen molar-refractivity contribution >= 4 is 16.0 Å². The Hall–Kier alpha value is -1.45. The first-order valence-corrected chi connectivity index (χ1v) is 6.58. The van der Waals surface area contributed by atoms with Gasteiger partial charge >= 0.3 is 5.97 Å². The average Bonchev–Trinajstić information content (AvgIpc) is 2.74. The van der Waals surface area contributed by atoms with E-state index in [1.54, 1.807) is 0 Å². The van der Waals surface area contributed by atoms with Crippen molar-refractivity contribution in [3.8, 4) is 0 Å². The molecule has 8 nitrogen and oxygen atoms in total. The number of H-pyrrole nitrogens is 1. The van der Waals surface area contributed by atoms with Crippen molar-refractivity contribution in [2.75, 3.05) is 34.2 Å². The van der Waals surface area contributed by atoms with Crippen molar-refractivity contribution in [3.63, 3.8) is 0 Å². The predicted octanol–water partition coefficient (Wildman–Crippen LogP) is -0.710. The third-order valence-electron chi connectivity index (χ3n) is 2.37. The van der Waals surface area contributed by atoms with E-state index in [1.807, 2.05) is 19.0 Å². The molecule has 0 saturated carbocycles. The Balaban J connectivity index is 2.99. The minimum Gasteiger partial charge on any atom is -0.478 e. The van der Waals surface area contributed by atoms with Crippen LogP contribution in [0, 0.1) is 0 Å². The molecule has 0 amide bonds. The molecule has 0 atom stereocenters. The number of hydrogen-bond acceptors (Lipinski definition) is 5. The molecule has 0 unspecified atom stereocenters. The number of nitrogens with one attached hydrogen (secondary N) is 1. The largest absolute Gasteiger partial charge is 0.478 e. The molecule has 1 aromatic rings. The fraction of sp³-hybridized carbons (Fsp3) is 0.556. The van der Waals surface area contributed by atoms with Crippen LogP contribution in [0.15, 0.2) is 11.2 Å². The Labute approximate surface area is 105 Å². The molecule has 2 N–H and O–H groups in total. The molecule has 0 aromatic carbocycles. The van der Waals surface area contributed by atoms with E-state index in [2.05, 4.69) is 10.2 Å². The van der Waals surface area contributed by atoms with Crippen molar-refractivity contribution in [1.29, 1.82) is 0 Å². The lowest BCUT2D eigenvalue weighted by Crippen LogP contribution is -2.34. The summed E-state index contributed by atoms with van der Waals surface area (Å²) in [5.41, 5.74) is -0.355. The zero-order chi connectivity index (χ0) is 13.9. The molecule has 0 spiro atoms. The van der Waals surface area contributed by atoms with Crippen LogP contribution in [0.3, 0.4) is 0 Å². The molecule has 0 bridgehead atoms. The van der Waals surface area contributed by atoms with E-state index in [-0.39, 0.29) is 12.1 Å². The lowest BCUT2D eigenvalue weighted by atomic mass is 10.4. The van der Waals surface area contributed by atoms with Gasteiger partial charge in [0, 0.05) is 20.1 Å². The third kappa shape index (κ3) is 3.06. The SMILES string of the molecule is CN(C)CCN(C)S(=O)(=O)c1[nH]ncc1C(=O)O. The van der Waals surface area contributed by atoms with Gasteiger partial charge in [0.05, 0.1) is 6.20 Å². The van der Waals surface area contributed by atoms with Gasteiger partial charge in [-0.3, -0.25) is 5.10 Å². The predicted molar refractivity (Wildman–Crippen MR) is 63.9 cm³/mol. The van der Waals surface area contributed by atoms with E-state index in [0.29, 0.717) is 6.54 Å². The van der Waals surface area contributed by atoms with Crippen LogP contribution in [0.25, 0.3) is 0 Å². The molecular weight excluding hydrogens is 260 g/mol. The molecular formula is C9H16N4O4S. The van der Waals surface area contributed by atoms with Gasteiger partial charge in [-0.2, -0.15) is 9.40 Å². The first-order valence-electron chi connectivity index (χ1n) is 5.14. The Morgan fingerprint density at radius 3 is 2.50 bits per heavy atom. The Kier molecular flexibility index (Phi) is 4.43. The Morgan fingerprint density at radius 1 is 1.39 bits per heavy atom. The van der Waals surface area contributed by atoms with Gasteiger partial charge in [0.2, 0.25) is 0 Å². The second kappa shape index (κ2) is 5.46. The summed E-state index contributed by atoms with van der Waals surface area (Å²) >= 11 is 0. The van der Waals surface area contributed by atoms with Crippen LogP contribution < -0.4 is 0 Å². The zero-order valence-corrected chi connectivity index (χ0v) is 11.2. The van der Waals surface area contributed by atoms with Gasteiger partial charge in [-0.25, -0.2) is 13.2 Å². The number of carboxylic acid groups (broad SMARTS) is 1. The minimum atomic E-state index is -3.86. The summed E-state index contributed by atoms with van der Waals surface area (Å²) in [7, 11) is 1.17. The van der Waals surface area contributed by atoms with E-state index < -0.39 is 21.0 Å². The molecule has 0 aliphatic heterocycles. The highest BCUT2D eigenvalue weighted by molar-refractivity contribution is 7.89. The van der Waals surface area contributed by atoms with Crippen molar-refractivity contribution in [2.45, 2.75) is 5.03 Å². The molecule has 1 aromatic heterocycles. The summed E-state index contributed by atoms with van der Waals surface area (Å²) in [5.74, 6) is -1.33. The maximum atomic E-state index is 12.1. The van der Waals surface area contributed by atoms with Crippen LogP contribution in [0.1, 0.15) is 10.4 Å². The standard InChI is InChI=1S/C9H16N4O4S/c1-12(2)4-5-13(3)18(16,17)8-7(9(14)15)6-10-11-8/h6H,4-5H2,1-3H3,(H,10,11)(H,14,15). The second-order valence-corrected chi connectivity index (χ2v) is 6.03. The van der Waals surface area contributed by atoms with E-state index in [0.717, 1.165) is 10.5 Å². The number of aromatic amines is 1. The molecule has 0 aliphatic carbocycles. The number of hydrogen-bond donors (Lipinski definition) is 2. The smallest absolute Gasteiger partial charge is 0.340 e. The van der Waals surface area contributed by atoms with Gasteiger partial charge in [0.25, 0.3) is 10.0 Å². The molecule has 18 heavy (non-hydrogen) atoms. The molecule has 0 saturated heterocycles. The van der Waals surface area contributed by atoms with Crippen molar-refractivity contribution in [1.82, 2.24) is 19.4 Å². The molecule has 0 fully saturated rings. The lowest BCUT2D eigenvalue weighted by Gasteiger charge is -2.18. The minimum absolute atomic E-state index is 0.257. The quantitative estimate of drug-likeness (QED) is 0.711. The number of nitrogens with zero attached hydrogens (tertiary/aromatic N) is 3. The van der Waals surface area contributed by atoms with Crippen LogP contribution in [-0.2, 0) is 10.0 Å². The summed E-state index contributed by atoms with van der Waals surface area (Å²) in [6.45, 7) is 0.791.